The number of aliphatic carboxylic acids is 1. The second-order valence-corrected chi connectivity index (χ2v) is 3.38. The van der Waals surface area contributed by atoms with Crippen LogP contribution in [0.2, 0.25) is 0 Å². The third kappa shape index (κ3) is 4.10. The van der Waals surface area contributed by atoms with Gasteiger partial charge in [-0.15, -0.1) is 4.91 Å². The van der Waals surface area contributed by atoms with Crippen LogP contribution in [-0.2, 0) is 4.79 Å². The predicted molar refractivity (Wildman–Crippen MR) is 63.0 cm³/mol. The molecule has 92 valence electrons. The van der Waals surface area contributed by atoms with Crippen molar-refractivity contribution in [3.63, 3.8) is 0 Å². The Kier molecular flexibility index (Phi) is 4.93. The molecule has 17 heavy (non-hydrogen) atoms. The third-order valence-corrected chi connectivity index (χ3v) is 1.99. The fraction of sp³-hybridized carbons (Fsp3) is 0.364. The van der Waals surface area contributed by atoms with Crippen LogP contribution in [0.4, 0.5) is 5.69 Å². The Bertz CT molecular complexity index is 378. The van der Waals surface area contributed by atoms with Gasteiger partial charge in [0.2, 0.25) is 0 Å². The van der Waals surface area contributed by atoms with Gasteiger partial charge in [0.05, 0.1) is 17.6 Å². The number of hydrogen-bond donors (Lipinski definition) is 1. The highest BCUT2D eigenvalue weighted by Crippen LogP contribution is 2.19. The lowest BCUT2D eigenvalue weighted by Gasteiger charge is -2.13. The molecule has 0 amide bonds. The van der Waals surface area contributed by atoms with E-state index >= 15 is 0 Å². The van der Waals surface area contributed by atoms with Gasteiger partial charge in [-0.25, -0.2) is 5.01 Å². The van der Waals surface area contributed by atoms with Crippen LogP contribution in [0.3, 0.4) is 0 Å². The highest BCUT2D eigenvalue weighted by molar-refractivity contribution is 5.73. The van der Waals surface area contributed by atoms with Gasteiger partial charge in [0, 0.05) is 0 Å². The molecule has 0 saturated heterocycles. The molecule has 0 unspecified atom stereocenters. The molecule has 0 fully saturated rings. The number of benzene rings is 1. The molecule has 1 aromatic rings. The normalized spacial score (nSPS) is 9.71. The summed E-state index contributed by atoms with van der Waals surface area (Å²) < 4.78 is 5.36. The highest BCUT2D eigenvalue weighted by Gasteiger charge is 2.10. The van der Waals surface area contributed by atoms with E-state index in [0.717, 1.165) is 11.4 Å². The number of nitroso groups, excluding NO2 is 1. The first-order chi connectivity index (χ1) is 8.17. The molecule has 0 radical (unpaired) electrons. The van der Waals surface area contributed by atoms with E-state index in [4.69, 9.17) is 9.84 Å². The topological polar surface area (TPSA) is 79.2 Å². The van der Waals surface area contributed by atoms with Crippen molar-refractivity contribution in [2.24, 2.45) is 5.29 Å². The number of carboxylic acids is 1. The molecule has 0 aliphatic carbocycles. The summed E-state index contributed by atoms with van der Waals surface area (Å²) >= 11 is 0. The lowest BCUT2D eigenvalue weighted by atomic mass is 10.3. The first-order valence-corrected chi connectivity index (χ1v) is 5.22. The monoisotopic (exact) mass is 238 g/mol. The second-order valence-electron chi connectivity index (χ2n) is 3.38. The summed E-state index contributed by atoms with van der Waals surface area (Å²) in [7, 11) is 0. The second kappa shape index (κ2) is 6.47. The van der Waals surface area contributed by atoms with Crippen molar-refractivity contribution in [1.29, 1.82) is 0 Å². The summed E-state index contributed by atoms with van der Waals surface area (Å²) in [6.07, 6.45) is 0.906. The van der Waals surface area contributed by atoms with Crippen LogP contribution in [0.1, 0.15) is 13.3 Å². The Morgan fingerprint density at radius 1 is 1.41 bits per heavy atom. The van der Waals surface area contributed by atoms with Crippen LogP contribution in [0, 0.1) is 4.91 Å². The summed E-state index contributed by atoms with van der Waals surface area (Å²) in [5, 5.41) is 12.1. The van der Waals surface area contributed by atoms with Gasteiger partial charge in [-0.05, 0) is 30.7 Å². The number of carboxylic acid groups (broad SMARTS) is 1. The van der Waals surface area contributed by atoms with Gasteiger partial charge in [-0.1, -0.05) is 6.92 Å². The minimum Gasteiger partial charge on any atom is -0.494 e. The zero-order valence-electron chi connectivity index (χ0n) is 9.50. The Hall–Kier alpha value is -2.11. The van der Waals surface area contributed by atoms with Crippen LogP contribution in [-0.4, -0.2) is 24.2 Å². The number of anilines is 1. The summed E-state index contributed by atoms with van der Waals surface area (Å²) in [6, 6.07) is 6.53. The van der Waals surface area contributed by atoms with Crippen LogP contribution in [0.5, 0.6) is 5.75 Å². The molecule has 0 atom stereocenters. The first kappa shape index (κ1) is 13.0. The van der Waals surface area contributed by atoms with Crippen LogP contribution >= 0.6 is 0 Å². The number of rotatable bonds is 7. The Morgan fingerprint density at radius 2 is 2.06 bits per heavy atom. The zero-order valence-corrected chi connectivity index (χ0v) is 9.50. The molecule has 0 spiro atoms. The van der Waals surface area contributed by atoms with Gasteiger partial charge in [0.1, 0.15) is 12.3 Å². The van der Waals surface area contributed by atoms with E-state index in [0.29, 0.717) is 18.0 Å². The lowest BCUT2D eigenvalue weighted by molar-refractivity contribution is -0.135. The molecule has 0 heterocycles. The van der Waals surface area contributed by atoms with E-state index in [-0.39, 0.29) is 0 Å². The molecular formula is C11H14N2O4. The predicted octanol–water partition coefficient (Wildman–Crippen LogP) is 2.05. The van der Waals surface area contributed by atoms with E-state index in [1.165, 1.54) is 0 Å². The molecule has 0 aliphatic heterocycles. The van der Waals surface area contributed by atoms with Gasteiger partial charge in [0.25, 0.3) is 0 Å². The Morgan fingerprint density at radius 3 is 2.53 bits per heavy atom. The maximum absolute atomic E-state index is 10.5. The van der Waals surface area contributed by atoms with E-state index in [1.54, 1.807) is 24.3 Å². The standard InChI is InChI=1S/C11H14N2O4/c1-2-7-17-10-5-3-9(4-6-10)13(12-16)8-11(14)15/h3-6H,2,7-8H2,1H3,(H,14,15). The quantitative estimate of drug-likeness (QED) is 0.581. The van der Waals surface area contributed by atoms with E-state index < -0.39 is 12.5 Å². The zero-order chi connectivity index (χ0) is 12.7. The highest BCUT2D eigenvalue weighted by atomic mass is 16.5. The van der Waals surface area contributed by atoms with Gasteiger partial charge in [-0.2, -0.15) is 0 Å². The molecule has 0 bridgehead atoms. The molecule has 1 N–H and O–H groups in total. The molecule has 0 saturated carbocycles. The van der Waals surface area contributed by atoms with Crippen molar-refractivity contribution in [3.05, 3.63) is 29.2 Å². The van der Waals surface area contributed by atoms with Gasteiger partial charge < -0.3 is 9.84 Å². The third-order valence-electron chi connectivity index (χ3n) is 1.99. The Balaban J connectivity index is 2.70. The van der Waals surface area contributed by atoms with Gasteiger partial charge >= 0.3 is 5.97 Å². The SMILES string of the molecule is CCCOc1ccc(N(CC(=O)O)N=O)cc1. The largest absolute Gasteiger partial charge is 0.494 e. The first-order valence-electron chi connectivity index (χ1n) is 5.22. The lowest BCUT2D eigenvalue weighted by Crippen LogP contribution is -2.23. The molecule has 6 heteroatoms. The van der Waals surface area contributed by atoms with E-state index in [2.05, 4.69) is 5.29 Å². The Labute approximate surface area is 98.8 Å². The van der Waals surface area contributed by atoms with Crippen molar-refractivity contribution >= 4 is 11.7 Å². The minimum absolute atomic E-state index is 0.422. The van der Waals surface area contributed by atoms with Crippen molar-refractivity contribution in [3.8, 4) is 5.75 Å². The smallest absolute Gasteiger partial charge is 0.325 e. The van der Waals surface area contributed by atoms with Crippen LogP contribution < -0.4 is 9.75 Å². The van der Waals surface area contributed by atoms with Crippen LogP contribution in [0.25, 0.3) is 0 Å². The fourth-order valence-electron chi connectivity index (χ4n) is 1.23. The van der Waals surface area contributed by atoms with E-state index in [1.807, 2.05) is 6.92 Å². The minimum atomic E-state index is -1.11. The van der Waals surface area contributed by atoms with Gasteiger partial charge in [-0.3, -0.25) is 4.79 Å². The maximum atomic E-state index is 10.5. The molecular weight excluding hydrogens is 224 g/mol. The fourth-order valence-corrected chi connectivity index (χ4v) is 1.23. The number of carbonyl (C=O) groups is 1. The molecule has 1 rings (SSSR count). The summed E-state index contributed by atoms with van der Waals surface area (Å²) in [5.74, 6) is -0.437. The number of ether oxygens (including phenoxy) is 1. The van der Waals surface area contributed by atoms with Crippen molar-refractivity contribution < 1.29 is 14.6 Å². The molecule has 1 aromatic carbocycles. The van der Waals surface area contributed by atoms with Crippen molar-refractivity contribution in [2.75, 3.05) is 18.2 Å². The summed E-state index contributed by atoms with van der Waals surface area (Å²) in [5.41, 5.74) is 0.422. The molecule has 0 aliphatic rings. The maximum Gasteiger partial charge on any atom is 0.325 e. The summed E-state index contributed by atoms with van der Waals surface area (Å²) in [6.45, 7) is 2.15. The molecule has 6 nitrogen and oxygen atoms in total. The van der Waals surface area contributed by atoms with Crippen molar-refractivity contribution in [1.82, 2.24) is 0 Å². The van der Waals surface area contributed by atoms with Crippen LogP contribution in [0.15, 0.2) is 29.6 Å². The number of hydrogen-bond acceptors (Lipinski definition) is 4. The summed E-state index contributed by atoms with van der Waals surface area (Å²) in [4.78, 5) is 21.0. The average Bonchev–Trinajstić information content (AvgIpc) is 2.34. The average molecular weight is 238 g/mol. The number of nitrogens with zero attached hydrogens (tertiary/aromatic N) is 2. The molecule has 0 aromatic heterocycles. The van der Waals surface area contributed by atoms with Gasteiger partial charge in [0.15, 0.2) is 0 Å². The van der Waals surface area contributed by atoms with E-state index in [9.17, 15) is 9.70 Å². The van der Waals surface area contributed by atoms with Crippen molar-refractivity contribution in [2.45, 2.75) is 13.3 Å².